The molecule has 0 aromatic heterocycles. The molecule has 0 aliphatic heterocycles. The zero-order valence-corrected chi connectivity index (χ0v) is 18.0. The SMILES string of the molecule is ClOCl.O=C([O-])CC(O)(CC(=O)[O-])C(=O)[O-].[Na+].[Na+].[Na+]. The minimum absolute atomic E-state index is 0. The zero-order valence-electron chi connectivity index (χ0n) is 10.5. The van der Waals surface area contributed by atoms with Crippen LogP contribution in [0.5, 0.6) is 0 Å². The smallest absolute Gasteiger partial charge is 0.550 e. The van der Waals surface area contributed by atoms with Gasteiger partial charge >= 0.3 is 88.7 Å². The van der Waals surface area contributed by atoms with Crippen molar-refractivity contribution in [1.29, 1.82) is 0 Å². The minimum atomic E-state index is -2.97. The number of aliphatic hydroxyl groups is 1. The van der Waals surface area contributed by atoms with Gasteiger partial charge in [0.15, 0.2) is 0 Å². The summed E-state index contributed by atoms with van der Waals surface area (Å²) in [6, 6.07) is 0. The van der Waals surface area contributed by atoms with Crippen molar-refractivity contribution in [3.8, 4) is 0 Å². The first-order chi connectivity index (χ1) is 7.19. The molecule has 0 bridgehead atoms. The molecule has 13 heteroatoms. The number of hydrogen-bond acceptors (Lipinski definition) is 8. The van der Waals surface area contributed by atoms with E-state index >= 15 is 0 Å². The van der Waals surface area contributed by atoms with E-state index in [0.717, 1.165) is 0 Å². The number of rotatable bonds is 5. The van der Waals surface area contributed by atoms with E-state index in [1.54, 1.807) is 0 Å². The van der Waals surface area contributed by atoms with Crippen molar-refractivity contribution < 1.29 is 127 Å². The maximum absolute atomic E-state index is 10.1. The Morgan fingerprint density at radius 2 is 1.16 bits per heavy atom. The number of halogens is 2. The fourth-order valence-corrected chi connectivity index (χ4v) is 0.684. The predicted octanol–water partition coefficient (Wildman–Crippen LogP) is -12.9. The van der Waals surface area contributed by atoms with Gasteiger partial charge < -0.3 is 34.8 Å². The third-order valence-electron chi connectivity index (χ3n) is 1.25. The molecule has 0 aromatic rings. The first kappa shape index (κ1) is 32.7. The Labute approximate surface area is 185 Å². The van der Waals surface area contributed by atoms with E-state index < -0.39 is 36.4 Å². The summed E-state index contributed by atoms with van der Waals surface area (Å²) in [6.07, 6.45) is -2.72. The maximum atomic E-state index is 10.1. The Balaban J connectivity index is -0.0000000992. The van der Waals surface area contributed by atoms with Crippen LogP contribution in [0.2, 0.25) is 0 Å². The molecule has 8 nitrogen and oxygen atoms in total. The quantitative estimate of drug-likeness (QED) is 0.483. The standard InChI is InChI=1S/C6H8O7.Cl2O.3Na/c7-3(8)1-6(13,5(11)12)2-4(9)10;1-3-2;;;/h13H,1-2H2,(H,7,8)(H,9,10)(H,11,12);;;;/q;;3*+1/p-3. The van der Waals surface area contributed by atoms with E-state index in [1.807, 2.05) is 0 Å². The Morgan fingerprint density at radius 1 is 0.947 bits per heavy atom. The fourth-order valence-electron chi connectivity index (χ4n) is 0.684. The summed E-state index contributed by atoms with van der Waals surface area (Å²) < 4.78 is 3.19. The van der Waals surface area contributed by atoms with Crippen LogP contribution >= 0.6 is 23.7 Å². The molecule has 1 N–H and O–H groups in total. The van der Waals surface area contributed by atoms with Crippen molar-refractivity contribution >= 4 is 41.6 Å². The van der Waals surface area contributed by atoms with Gasteiger partial charge in [-0.2, -0.15) is 3.84 Å². The minimum Gasteiger partial charge on any atom is -0.550 e. The second-order valence-corrected chi connectivity index (χ2v) is 2.94. The van der Waals surface area contributed by atoms with Gasteiger partial charge in [-0.05, 0) is 0 Å². The molecule has 0 spiro atoms. The summed E-state index contributed by atoms with van der Waals surface area (Å²) in [4.78, 5) is 30.0. The van der Waals surface area contributed by atoms with E-state index in [9.17, 15) is 29.7 Å². The number of carbonyl (C=O) groups excluding carboxylic acids is 3. The molecule has 0 aliphatic rings. The van der Waals surface area contributed by atoms with Crippen molar-refractivity contribution in [3.05, 3.63) is 0 Å². The molecule has 0 rings (SSSR count). The molecule has 0 amide bonds. The van der Waals surface area contributed by atoms with Gasteiger partial charge in [0, 0.05) is 24.8 Å². The van der Waals surface area contributed by atoms with Crippen LogP contribution in [-0.2, 0) is 18.2 Å². The van der Waals surface area contributed by atoms with Crippen molar-refractivity contribution in [1.82, 2.24) is 0 Å². The van der Waals surface area contributed by atoms with E-state index in [2.05, 4.69) is 27.6 Å². The summed E-state index contributed by atoms with van der Waals surface area (Å²) >= 11 is 8.53. The first-order valence-corrected chi connectivity index (χ1v) is 4.04. The molecule has 0 aliphatic carbocycles. The monoisotopic (exact) mass is 344 g/mol. The van der Waals surface area contributed by atoms with Crippen molar-refractivity contribution in [2.75, 3.05) is 0 Å². The van der Waals surface area contributed by atoms with E-state index in [4.69, 9.17) is 5.11 Å². The number of aliphatic carboxylic acids is 3. The molecule has 0 aromatic carbocycles. The number of hydrogen-bond donors (Lipinski definition) is 1. The summed E-state index contributed by atoms with van der Waals surface area (Å²) in [5.41, 5.74) is -2.97. The number of carboxylic acids is 3. The number of carbonyl (C=O) groups is 3. The Kier molecular flexibility index (Phi) is 31.0. The van der Waals surface area contributed by atoms with Crippen LogP contribution in [0.3, 0.4) is 0 Å². The van der Waals surface area contributed by atoms with Gasteiger partial charge in [-0.1, -0.05) is 0 Å². The van der Waals surface area contributed by atoms with E-state index in [0.29, 0.717) is 0 Å². The normalized spacial score (nSPS) is 8.37. The summed E-state index contributed by atoms with van der Waals surface area (Å²) in [6.45, 7) is 0. The molecule has 0 fully saturated rings. The molecule has 19 heavy (non-hydrogen) atoms. The molecule has 0 saturated heterocycles. The fraction of sp³-hybridized carbons (Fsp3) is 0.500. The van der Waals surface area contributed by atoms with Crippen LogP contribution in [0.1, 0.15) is 12.8 Å². The second-order valence-electron chi connectivity index (χ2n) is 2.47. The predicted molar refractivity (Wildman–Crippen MR) is 42.0 cm³/mol. The van der Waals surface area contributed by atoms with Crippen LogP contribution < -0.4 is 104 Å². The molecule has 0 atom stereocenters. The zero-order chi connectivity index (χ0) is 13.4. The largest absolute Gasteiger partial charge is 1.00 e. The van der Waals surface area contributed by atoms with Gasteiger partial charge in [-0.15, -0.1) is 0 Å². The van der Waals surface area contributed by atoms with Gasteiger partial charge in [0.05, 0.1) is 29.7 Å². The molecule has 94 valence electrons. The molecule has 0 heterocycles. The Bertz CT molecular complexity index is 261. The van der Waals surface area contributed by atoms with Gasteiger partial charge in [0.25, 0.3) is 0 Å². The van der Waals surface area contributed by atoms with Crippen LogP contribution in [0.25, 0.3) is 0 Å². The average Bonchev–Trinajstić information content (AvgIpc) is 2.01. The van der Waals surface area contributed by atoms with E-state index in [1.165, 1.54) is 0 Å². The summed E-state index contributed by atoms with van der Waals surface area (Å²) in [5, 5.41) is 38.9. The van der Waals surface area contributed by atoms with Gasteiger partial charge in [-0.25, -0.2) is 0 Å². The number of carboxylic acid groups (broad SMARTS) is 3. The van der Waals surface area contributed by atoms with Gasteiger partial charge in [-0.3, -0.25) is 0 Å². The second kappa shape index (κ2) is 18.0. The summed E-state index contributed by atoms with van der Waals surface area (Å²) in [7, 11) is 0. The maximum Gasteiger partial charge on any atom is 1.00 e. The Hall–Kier alpha value is 1.91. The topological polar surface area (TPSA) is 150 Å². The van der Waals surface area contributed by atoms with Crippen molar-refractivity contribution in [3.63, 3.8) is 0 Å². The molecule has 0 saturated carbocycles. The molecular formula is C6H5Cl2Na3O8. The van der Waals surface area contributed by atoms with Gasteiger partial charge in [0.1, 0.15) is 5.60 Å². The molecule has 0 radical (unpaired) electrons. The van der Waals surface area contributed by atoms with Crippen LogP contribution in [0.15, 0.2) is 0 Å². The summed E-state index contributed by atoms with van der Waals surface area (Å²) in [5.74, 6) is -5.98. The Morgan fingerprint density at radius 3 is 1.26 bits per heavy atom. The molecular weight excluding hydrogens is 340 g/mol. The van der Waals surface area contributed by atoms with Crippen molar-refractivity contribution in [2.45, 2.75) is 18.4 Å². The third-order valence-corrected chi connectivity index (χ3v) is 1.25. The van der Waals surface area contributed by atoms with Crippen molar-refractivity contribution in [2.24, 2.45) is 0 Å². The van der Waals surface area contributed by atoms with Gasteiger partial charge in [0.2, 0.25) is 0 Å². The molecule has 0 unspecified atom stereocenters. The average molecular weight is 345 g/mol. The van der Waals surface area contributed by atoms with Crippen LogP contribution in [0, 0.1) is 0 Å². The van der Waals surface area contributed by atoms with Crippen LogP contribution in [-0.4, -0.2) is 28.6 Å². The third kappa shape index (κ3) is 19.9. The van der Waals surface area contributed by atoms with E-state index in [-0.39, 0.29) is 88.7 Å². The van der Waals surface area contributed by atoms with Crippen LogP contribution in [0.4, 0.5) is 0 Å². The first-order valence-electron chi connectivity index (χ1n) is 3.42.